The zero-order valence-electron chi connectivity index (χ0n) is 6.16. The van der Waals surface area contributed by atoms with Crippen LogP contribution in [0.3, 0.4) is 0 Å². The van der Waals surface area contributed by atoms with E-state index in [1.165, 1.54) is 11.1 Å². The fourth-order valence-corrected chi connectivity index (χ4v) is 1.36. The second-order valence-electron chi connectivity index (χ2n) is 2.67. The minimum atomic E-state index is 0. The highest BCUT2D eigenvalue weighted by atomic mass is 35.5. The topological polar surface area (TPSA) is 29.3 Å². The van der Waals surface area contributed by atoms with Crippen LogP contribution in [0.1, 0.15) is 11.1 Å². The molecule has 0 unspecified atom stereocenters. The molecule has 0 atom stereocenters. The van der Waals surface area contributed by atoms with Crippen LogP contribution < -0.4 is 5.84 Å². The lowest BCUT2D eigenvalue weighted by molar-refractivity contribution is 0.295. The molecule has 0 aliphatic carbocycles. The molecule has 60 valence electrons. The molecule has 2 N–H and O–H groups in total. The summed E-state index contributed by atoms with van der Waals surface area (Å²) in [5, 5.41) is 1.82. The molecule has 0 radical (unpaired) electrons. The lowest BCUT2D eigenvalue weighted by atomic mass is 10.1. The van der Waals surface area contributed by atoms with Crippen molar-refractivity contribution in [1.29, 1.82) is 0 Å². The van der Waals surface area contributed by atoms with Gasteiger partial charge in [0, 0.05) is 13.1 Å². The summed E-state index contributed by atoms with van der Waals surface area (Å²) in [4.78, 5) is 0. The Hall–Kier alpha value is -0.570. The van der Waals surface area contributed by atoms with Crippen LogP contribution in [0.4, 0.5) is 0 Å². The second kappa shape index (κ2) is 3.22. The number of fused-ring (bicyclic) bond motifs is 1. The fourth-order valence-electron chi connectivity index (χ4n) is 1.36. The van der Waals surface area contributed by atoms with E-state index in [1.54, 1.807) is 0 Å². The van der Waals surface area contributed by atoms with Crippen molar-refractivity contribution in [3.63, 3.8) is 0 Å². The molecule has 0 saturated heterocycles. The van der Waals surface area contributed by atoms with Crippen LogP contribution in [-0.2, 0) is 13.1 Å². The van der Waals surface area contributed by atoms with Gasteiger partial charge in [0.2, 0.25) is 0 Å². The van der Waals surface area contributed by atoms with E-state index >= 15 is 0 Å². The molecular weight excluding hydrogens is 160 g/mol. The van der Waals surface area contributed by atoms with Crippen molar-refractivity contribution in [3.8, 4) is 0 Å². The minimum Gasteiger partial charge on any atom is -0.268 e. The van der Waals surface area contributed by atoms with Crippen molar-refractivity contribution < 1.29 is 0 Å². The Morgan fingerprint density at radius 3 is 2.00 bits per heavy atom. The summed E-state index contributed by atoms with van der Waals surface area (Å²) in [7, 11) is 0. The van der Waals surface area contributed by atoms with Crippen molar-refractivity contribution in [2.24, 2.45) is 5.84 Å². The second-order valence-corrected chi connectivity index (χ2v) is 2.67. The molecule has 0 fully saturated rings. The molecule has 0 saturated carbocycles. The van der Waals surface area contributed by atoms with Crippen molar-refractivity contribution in [2.75, 3.05) is 0 Å². The van der Waals surface area contributed by atoms with Crippen molar-refractivity contribution in [3.05, 3.63) is 35.4 Å². The highest BCUT2D eigenvalue weighted by Crippen LogP contribution is 2.18. The first kappa shape index (κ1) is 8.53. The van der Waals surface area contributed by atoms with Gasteiger partial charge < -0.3 is 0 Å². The number of hydrogen-bond donors (Lipinski definition) is 1. The Kier molecular flexibility index (Phi) is 2.49. The molecule has 1 aromatic carbocycles. The summed E-state index contributed by atoms with van der Waals surface area (Å²) in [6.07, 6.45) is 0. The first-order chi connectivity index (χ1) is 4.86. The number of benzene rings is 1. The van der Waals surface area contributed by atoms with Crippen LogP contribution in [0.25, 0.3) is 0 Å². The van der Waals surface area contributed by atoms with Gasteiger partial charge in [-0.3, -0.25) is 5.84 Å². The van der Waals surface area contributed by atoms with Crippen LogP contribution in [0, 0.1) is 0 Å². The third-order valence-corrected chi connectivity index (χ3v) is 1.87. The summed E-state index contributed by atoms with van der Waals surface area (Å²) in [5.41, 5.74) is 2.73. The molecule has 11 heavy (non-hydrogen) atoms. The Balaban J connectivity index is 0.000000605. The molecule has 1 aromatic rings. The monoisotopic (exact) mass is 170 g/mol. The van der Waals surface area contributed by atoms with Gasteiger partial charge in [0.1, 0.15) is 0 Å². The molecule has 1 aliphatic heterocycles. The van der Waals surface area contributed by atoms with Crippen LogP contribution in [0.2, 0.25) is 0 Å². The van der Waals surface area contributed by atoms with E-state index in [0.717, 1.165) is 13.1 Å². The first-order valence-corrected chi connectivity index (χ1v) is 3.43. The predicted octanol–water partition coefficient (Wildman–Crippen LogP) is 1.30. The maximum absolute atomic E-state index is 5.62. The Morgan fingerprint density at radius 1 is 1.09 bits per heavy atom. The van der Waals surface area contributed by atoms with Gasteiger partial charge >= 0.3 is 0 Å². The lowest BCUT2D eigenvalue weighted by Crippen LogP contribution is -2.23. The lowest BCUT2D eigenvalue weighted by Gasteiger charge is -2.02. The van der Waals surface area contributed by atoms with Crippen molar-refractivity contribution in [2.45, 2.75) is 13.1 Å². The highest BCUT2D eigenvalue weighted by molar-refractivity contribution is 5.85. The molecular formula is C8H11ClN2. The van der Waals surface area contributed by atoms with Gasteiger partial charge in [-0.2, -0.15) is 0 Å². The molecule has 1 heterocycles. The van der Waals surface area contributed by atoms with Gasteiger partial charge in [-0.15, -0.1) is 12.4 Å². The summed E-state index contributed by atoms with van der Waals surface area (Å²) in [6, 6.07) is 8.36. The number of hydrogen-bond acceptors (Lipinski definition) is 2. The Bertz CT molecular complexity index is 225. The normalized spacial score (nSPS) is 15.7. The first-order valence-electron chi connectivity index (χ1n) is 3.43. The van der Waals surface area contributed by atoms with Gasteiger partial charge in [0.05, 0.1) is 0 Å². The Morgan fingerprint density at radius 2 is 1.55 bits per heavy atom. The minimum absolute atomic E-state index is 0. The highest BCUT2D eigenvalue weighted by Gasteiger charge is 2.13. The SMILES string of the molecule is Cl.NN1Cc2ccccc2C1. The van der Waals surface area contributed by atoms with Gasteiger partial charge in [-0.1, -0.05) is 24.3 Å². The molecule has 0 spiro atoms. The van der Waals surface area contributed by atoms with E-state index < -0.39 is 0 Å². The average molecular weight is 171 g/mol. The largest absolute Gasteiger partial charge is 0.268 e. The third-order valence-electron chi connectivity index (χ3n) is 1.87. The van der Waals surface area contributed by atoms with Crippen molar-refractivity contribution in [1.82, 2.24) is 5.01 Å². The van der Waals surface area contributed by atoms with E-state index in [4.69, 9.17) is 5.84 Å². The smallest absolute Gasteiger partial charge is 0.0386 e. The van der Waals surface area contributed by atoms with Crippen molar-refractivity contribution >= 4 is 12.4 Å². The van der Waals surface area contributed by atoms with Crippen LogP contribution >= 0.6 is 12.4 Å². The van der Waals surface area contributed by atoms with E-state index in [2.05, 4.69) is 24.3 Å². The predicted molar refractivity (Wildman–Crippen MR) is 47.1 cm³/mol. The van der Waals surface area contributed by atoms with Crippen LogP contribution in [-0.4, -0.2) is 5.01 Å². The maximum Gasteiger partial charge on any atom is 0.0386 e. The quantitative estimate of drug-likeness (QED) is 0.595. The molecule has 0 amide bonds. The summed E-state index contributed by atoms with van der Waals surface area (Å²) < 4.78 is 0. The maximum atomic E-state index is 5.62. The molecule has 1 aliphatic rings. The fraction of sp³-hybridized carbons (Fsp3) is 0.250. The number of nitrogens with zero attached hydrogens (tertiary/aromatic N) is 1. The summed E-state index contributed by atoms with van der Waals surface area (Å²) in [6.45, 7) is 1.80. The molecule has 3 heteroatoms. The van der Waals surface area contributed by atoms with Gasteiger partial charge in [-0.25, -0.2) is 5.01 Å². The van der Waals surface area contributed by atoms with Crippen LogP contribution in [0.5, 0.6) is 0 Å². The average Bonchev–Trinajstić information content (AvgIpc) is 2.27. The number of halogens is 1. The third kappa shape index (κ3) is 1.53. The number of rotatable bonds is 0. The van der Waals surface area contributed by atoms with E-state index in [-0.39, 0.29) is 12.4 Å². The summed E-state index contributed by atoms with van der Waals surface area (Å²) in [5.74, 6) is 5.62. The molecule has 2 rings (SSSR count). The van der Waals surface area contributed by atoms with Gasteiger partial charge in [0.15, 0.2) is 0 Å². The van der Waals surface area contributed by atoms with Crippen LogP contribution in [0.15, 0.2) is 24.3 Å². The van der Waals surface area contributed by atoms with E-state index in [1.807, 2.05) is 5.01 Å². The number of hydrazine groups is 1. The van der Waals surface area contributed by atoms with Gasteiger partial charge in [0.25, 0.3) is 0 Å². The summed E-state index contributed by atoms with van der Waals surface area (Å²) >= 11 is 0. The standard InChI is InChI=1S/C8H10N2.ClH/c9-10-5-7-3-1-2-4-8(7)6-10;/h1-4H,5-6,9H2;1H. The van der Waals surface area contributed by atoms with Gasteiger partial charge in [-0.05, 0) is 11.1 Å². The number of nitrogens with two attached hydrogens (primary N) is 1. The van der Waals surface area contributed by atoms with E-state index in [0.29, 0.717) is 0 Å². The zero-order chi connectivity index (χ0) is 6.97. The molecule has 0 bridgehead atoms. The Labute approximate surface area is 72.4 Å². The molecule has 2 nitrogen and oxygen atoms in total. The zero-order valence-corrected chi connectivity index (χ0v) is 6.97. The molecule has 0 aromatic heterocycles. The van der Waals surface area contributed by atoms with E-state index in [9.17, 15) is 0 Å².